The molecule has 70 valence electrons. The van der Waals surface area contributed by atoms with Gasteiger partial charge in [0.1, 0.15) is 5.70 Å². The van der Waals surface area contributed by atoms with E-state index in [-0.39, 0.29) is 11.8 Å². The molecule has 1 unspecified atom stereocenters. The minimum atomic E-state index is -0.511. The Labute approximate surface area is 73.6 Å². The van der Waals surface area contributed by atoms with Crippen molar-refractivity contribution in [3.8, 4) is 0 Å². The van der Waals surface area contributed by atoms with Crippen LogP contribution in [0.1, 0.15) is 27.2 Å². The lowest BCUT2D eigenvalue weighted by Gasteiger charge is -2.14. The van der Waals surface area contributed by atoms with E-state index in [9.17, 15) is 4.79 Å². The van der Waals surface area contributed by atoms with Gasteiger partial charge in [0.25, 0.3) is 0 Å². The molecule has 0 saturated carbocycles. The van der Waals surface area contributed by atoms with Crippen LogP contribution in [-0.4, -0.2) is 12.1 Å². The van der Waals surface area contributed by atoms with Crippen molar-refractivity contribution >= 4 is 5.97 Å². The molecule has 0 aliphatic carbocycles. The Hall–Kier alpha value is -0.990. The van der Waals surface area contributed by atoms with Crippen LogP contribution < -0.4 is 5.73 Å². The van der Waals surface area contributed by atoms with Gasteiger partial charge in [0.2, 0.25) is 0 Å². The van der Waals surface area contributed by atoms with Crippen LogP contribution in [0, 0.1) is 5.92 Å². The summed E-state index contributed by atoms with van der Waals surface area (Å²) < 4.78 is 4.96. The summed E-state index contributed by atoms with van der Waals surface area (Å²) in [6, 6.07) is 0. The smallest absolute Gasteiger partial charge is 0.353 e. The lowest BCUT2D eigenvalue weighted by Crippen LogP contribution is -2.20. The molecule has 3 heteroatoms. The molecule has 3 nitrogen and oxygen atoms in total. The Morgan fingerprint density at radius 2 is 2.00 bits per heavy atom. The molecule has 0 heterocycles. The van der Waals surface area contributed by atoms with Gasteiger partial charge in [0, 0.05) is 0 Å². The zero-order valence-electron chi connectivity index (χ0n) is 7.96. The van der Waals surface area contributed by atoms with E-state index in [4.69, 9.17) is 10.5 Å². The first kappa shape index (κ1) is 11.0. The van der Waals surface area contributed by atoms with Crippen LogP contribution in [0.2, 0.25) is 0 Å². The van der Waals surface area contributed by atoms with Gasteiger partial charge in [-0.1, -0.05) is 20.4 Å². The summed E-state index contributed by atoms with van der Waals surface area (Å²) in [5.41, 5.74) is 5.11. The molecule has 0 saturated heterocycles. The first-order valence-corrected chi connectivity index (χ1v) is 4.08. The summed E-state index contributed by atoms with van der Waals surface area (Å²) in [5.74, 6) is 0.00184. The molecule has 0 aromatic rings. The quantitative estimate of drug-likeness (QED) is 0.514. The molecule has 0 aromatic heterocycles. The third-order valence-electron chi connectivity index (χ3n) is 1.37. The molecule has 1 atom stereocenters. The standard InChI is InChI=1S/C9H17NO2/c1-6(2)5-7(3)12-9(11)8(4)10/h6-7H,4-5,10H2,1-3H3. The van der Waals surface area contributed by atoms with Crippen molar-refractivity contribution in [3.63, 3.8) is 0 Å². The van der Waals surface area contributed by atoms with Gasteiger partial charge in [0.15, 0.2) is 0 Å². The maximum absolute atomic E-state index is 10.9. The van der Waals surface area contributed by atoms with Gasteiger partial charge in [-0.3, -0.25) is 0 Å². The molecule has 0 aliphatic rings. The van der Waals surface area contributed by atoms with Gasteiger partial charge < -0.3 is 10.5 Å². The molecule has 0 rings (SSSR count). The molecule has 0 bridgehead atoms. The Bertz CT molecular complexity index is 175. The lowest BCUT2D eigenvalue weighted by molar-refractivity contribution is -0.144. The van der Waals surface area contributed by atoms with Crippen molar-refractivity contribution in [1.82, 2.24) is 0 Å². The summed E-state index contributed by atoms with van der Waals surface area (Å²) in [6.45, 7) is 9.28. The molecule has 0 aromatic carbocycles. The minimum Gasteiger partial charge on any atom is -0.458 e. The summed E-state index contributed by atoms with van der Waals surface area (Å²) in [6.07, 6.45) is 0.761. The van der Waals surface area contributed by atoms with E-state index in [0.29, 0.717) is 5.92 Å². The third-order valence-corrected chi connectivity index (χ3v) is 1.37. The lowest BCUT2D eigenvalue weighted by atomic mass is 10.1. The zero-order valence-corrected chi connectivity index (χ0v) is 7.96. The third kappa shape index (κ3) is 4.77. The van der Waals surface area contributed by atoms with E-state index in [2.05, 4.69) is 20.4 Å². The van der Waals surface area contributed by atoms with Crippen molar-refractivity contribution in [2.45, 2.75) is 33.3 Å². The van der Waals surface area contributed by atoms with E-state index in [1.54, 1.807) is 0 Å². The second kappa shape index (κ2) is 4.80. The average molecular weight is 171 g/mol. The largest absolute Gasteiger partial charge is 0.458 e. The topological polar surface area (TPSA) is 52.3 Å². The molecule has 0 fully saturated rings. The van der Waals surface area contributed by atoms with Crippen molar-refractivity contribution < 1.29 is 9.53 Å². The molecule has 12 heavy (non-hydrogen) atoms. The van der Waals surface area contributed by atoms with Crippen molar-refractivity contribution in [2.24, 2.45) is 11.7 Å². The highest BCUT2D eigenvalue weighted by atomic mass is 16.5. The SMILES string of the molecule is C=C(N)C(=O)OC(C)CC(C)C. The zero-order chi connectivity index (χ0) is 9.72. The van der Waals surface area contributed by atoms with Gasteiger partial charge in [0.05, 0.1) is 6.10 Å². The van der Waals surface area contributed by atoms with Crippen LogP contribution in [0.4, 0.5) is 0 Å². The predicted molar refractivity (Wildman–Crippen MR) is 48.3 cm³/mol. The van der Waals surface area contributed by atoms with Gasteiger partial charge in [-0.25, -0.2) is 4.79 Å². The number of carbonyl (C=O) groups excluding carboxylic acids is 1. The van der Waals surface area contributed by atoms with Crippen LogP contribution in [0.25, 0.3) is 0 Å². The molecular formula is C9H17NO2. The fourth-order valence-corrected chi connectivity index (χ4v) is 0.970. The molecule has 0 radical (unpaired) electrons. The van der Waals surface area contributed by atoms with Crippen LogP contribution in [0.15, 0.2) is 12.3 Å². The Morgan fingerprint density at radius 3 is 2.33 bits per heavy atom. The highest BCUT2D eigenvalue weighted by Crippen LogP contribution is 2.08. The Kier molecular flexibility index (Phi) is 4.40. The molecule has 0 amide bonds. The van der Waals surface area contributed by atoms with E-state index in [1.165, 1.54) is 0 Å². The first-order chi connectivity index (χ1) is 5.43. The maximum atomic E-state index is 10.9. The van der Waals surface area contributed by atoms with Crippen LogP contribution >= 0.6 is 0 Å². The summed E-state index contributed by atoms with van der Waals surface area (Å²) in [5, 5.41) is 0. The van der Waals surface area contributed by atoms with Crippen LogP contribution in [0.5, 0.6) is 0 Å². The number of ether oxygens (including phenoxy) is 1. The van der Waals surface area contributed by atoms with E-state index in [1.807, 2.05) is 6.92 Å². The fourth-order valence-electron chi connectivity index (χ4n) is 0.970. The number of hydrogen-bond donors (Lipinski definition) is 1. The molecule has 0 spiro atoms. The second-order valence-electron chi connectivity index (χ2n) is 3.37. The van der Waals surface area contributed by atoms with E-state index < -0.39 is 5.97 Å². The molecule has 0 aliphatic heterocycles. The first-order valence-electron chi connectivity index (χ1n) is 4.08. The highest BCUT2D eigenvalue weighted by Gasteiger charge is 2.11. The number of carbonyl (C=O) groups is 1. The number of esters is 1. The van der Waals surface area contributed by atoms with Crippen LogP contribution in [-0.2, 0) is 9.53 Å². The average Bonchev–Trinajstić information content (AvgIpc) is 1.84. The highest BCUT2D eigenvalue weighted by molar-refractivity contribution is 5.86. The maximum Gasteiger partial charge on any atom is 0.353 e. The van der Waals surface area contributed by atoms with E-state index in [0.717, 1.165) is 6.42 Å². The number of nitrogens with two attached hydrogens (primary N) is 1. The minimum absolute atomic E-state index is 0.0365. The number of rotatable bonds is 4. The molecule has 2 N–H and O–H groups in total. The van der Waals surface area contributed by atoms with Crippen molar-refractivity contribution in [2.75, 3.05) is 0 Å². The van der Waals surface area contributed by atoms with Gasteiger partial charge in [-0.2, -0.15) is 0 Å². The second-order valence-corrected chi connectivity index (χ2v) is 3.37. The van der Waals surface area contributed by atoms with Gasteiger partial charge >= 0.3 is 5.97 Å². The van der Waals surface area contributed by atoms with E-state index >= 15 is 0 Å². The molecular weight excluding hydrogens is 154 g/mol. The monoisotopic (exact) mass is 171 g/mol. The van der Waals surface area contributed by atoms with Crippen molar-refractivity contribution in [3.05, 3.63) is 12.3 Å². The fraction of sp³-hybridized carbons (Fsp3) is 0.667. The predicted octanol–water partition coefficient (Wildman–Crippen LogP) is 1.44. The number of hydrogen-bond acceptors (Lipinski definition) is 3. The Morgan fingerprint density at radius 1 is 1.50 bits per heavy atom. The summed E-state index contributed by atoms with van der Waals surface area (Å²) in [7, 11) is 0. The summed E-state index contributed by atoms with van der Waals surface area (Å²) >= 11 is 0. The Balaban J connectivity index is 3.76. The van der Waals surface area contributed by atoms with Gasteiger partial charge in [-0.15, -0.1) is 0 Å². The van der Waals surface area contributed by atoms with Crippen molar-refractivity contribution in [1.29, 1.82) is 0 Å². The summed E-state index contributed by atoms with van der Waals surface area (Å²) in [4.78, 5) is 10.9. The van der Waals surface area contributed by atoms with Gasteiger partial charge in [-0.05, 0) is 19.3 Å². The van der Waals surface area contributed by atoms with Crippen LogP contribution in [0.3, 0.4) is 0 Å². The normalized spacial score (nSPS) is 12.7.